The summed E-state index contributed by atoms with van der Waals surface area (Å²) >= 11 is 0. The van der Waals surface area contributed by atoms with Crippen LogP contribution in [0, 0.1) is 0 Å². The van der Waals surface area contributed by atoms with Gasteiger partial charge in [0.2, 0.25) is 5.71 Å². The van der Waals surface area contributed by atoms with E-state index in [2.05, 4.69) is 81.0 Å². The van der Waals surface area contributed by atoms with Crippen molar-refractivity contribution in [3.8, 4) is 0 Å². The summed E-state index contributed by atoms with van der Waals surface area (Å²) in [6, 6.07) is 0. The Bertz CT molecular complexity index is 504. The molecule has 0 radical (unpaired) electrons. The predicted molar refractivity (Wildman–Crippen MR) is 113 cm³/mol. The summed E-state index contributed by atoms with van der Waals surface area (Å²) in [6.07, 6.45) is 30.9. The van der Waals surface area contributed by atoms with Crippen molar-refractivity contribution in [3.05, 3.63) is 48.7 Å². The van der Waals surface area contributed by atoms with E-state index in [9.17, 15) is 0 Å². The lowest BCUT2D eigenvalue weighted by Crippen LogP contribution is -2.12. The second kappa shape index (κ2) is 12.9. The monoisotopic (exact) mass is 342 g/mol. The van der Waals surface area contributed by atoms with Gasteiger partial charge >= 0.3 is 0 Å². The fourth-order valence-corrected chi connectivity index (χ4v) is 3.06. The minimum Gasteiger partial charge on any atom is -0.181 e. The summed E-state index contributed by atoms with van der Waals surface area (Å²) in [4.78, 5) is 0. The molecular formula is C24H40N+. The van der Waals surface area contributed by atoms with Gasteiger partial charge in [0.25, 0.3) is 5.54 Å². The molecule has 1 nitrogen and oxygen atoms in total. The Balaban J connectivity index is 2.22. The minimum absolute atomic E-state index is 0.136. The molecule has 0 N–H and O–H groups in total. The van der Waals surface area contributed by atoms with Crippen LogP contribution < -0.4 is 0 Å². The second-order valence-corrected chi connectivity index (χ2v) is 7.30. The minimum atomic E-state index is 0.136. The summed E-state index contributed by atoms with van der Waals surface area (Å²) in [5.74, 6) is 0. The van der Waals surface area contributed by atoms with Gasteiger partial charge in [-0.05, 0) is 50.7 Å². The summed E-state index contributed by atoms with van der Waals surface area (Å²) in [5, 5.41) is 0. The molecule has 1 aliphatic heterocycles. The largest absolute Gasteiger partial charge is 0.262 e. The highest BCUT2D eigenvalue weighted by Crippen LogP contribution is 2.29. The molecule has 0 saturated carbocycles. The number of nitrogens with zero attached hydrogens (tertiary/aromatic N) is 1. The van der Waals surface area contributed by atoms with Gasteiger partial charge in [0, 0.05) is 13.8 Å². The van der Waals surface area contributed by atoms with Crippen molar-refractivity contribution >= 4 is 5.71 Å². The van der Waals surface area contributed by atoms with Crippen molar-refractivity contribution in [1.82, 2.24) is 0 Å². The van der Waals surface area contributed by atoms with Crippen LogP contribution in [0.4, 0.5) is 0 Å². The number of hydrogen-bond donors (Lipinski definition) is 0. The van der Waals surface area contributed by atoms with E-state index in [4.69, 9.17) is 0 Å². The standard InChI is InChI=1S/C24H40N/c1-5-7-9-11-13-15-17-19-21-24(4)23(3)25(24)22-20-18-16-14-12-10-8-6-2/h13-16,19-22H,5-12,17-18H2,1-4H3/q+1/b15-13-,16-14-,21-19+,22-20-. The number of rotatable bonds is 14. The fourth-order valence-electron chi connectivity index (χ4n) is 3.06. The number of unbranched alkanes of at least 4 members (excludes halogenated alkanes) is 6. The van der Waals surface area contributed by atoms with E-state index >= 15 is 0 Å². The highest BCUT2D eigenvalue weighted by molar-refractivity contribution is 5.96. The molecule has 1 unspecified atom stereocenters. The Morgan fingerprint density at radius 3 is 1.88 bits per heavy atom. The third-order valence-corrected chi connectivity index (χ3v) is 5.07. The Morgan fingerprint density at radius 1 is 0.760 bits per heavy atom. The van der Waals surface area contributed by atoms with E-state index in [0.29, 0.717) is 0 Å². The van der Waals surface area contributed by atoms with Crippen molar-refractivity contribution in [3.63, 3.8) is 0 Å². The molecule has 0 aromatic rings. The van der Waals surface area contributed by atoms with Crippen LogP contribution in [0.3, 0.4) is 0 Å². The van der Waals surface area contributed by atoms with E-state index in [1.54, 1.807) is 0 Å². The first-order valence-electron chi connectivity index (χ1n) is 10.4. The van der Waals surface area contributed by atoms with E-state index in [0.717, 1.165) is 12.8 Å². The van der Waals surface area contributed by atoms with Gasteiger partial charge in [-0.3, -0.25) is 0 Å². The zero-order chi connectivity index (χ0) is 18.4. The zero-order valence-electron chi connectivity index (χ0n) is 17.1. The molecule has 0 fully saturated rings. The third kappa shape index (κ3) is 8.52. The van der Waals surface area contributed by atoms with E-state index in [1.807, 2.05) is 0 Å². The molecule has 0 spiro atoms. The molecule has 0 aliphatic carbocycles. The van der Waals surface area contributed by atoms with Crippen LogP contribution in [0.25, 0.3) is 0 Å². The van der Waals surface area contributed by atoms with Crippen molar-refractivity contribution in [2.24, 2.45) is 0 Å². The maximum Gasteiger partial charge on any atom is 0.262 e. The Kier molecular flexibility index (Phi) is 11.2. The van der Waals surface area contributed by atoms with Crippen molar-refractivity contribution in [2.45, 2.75) is 97.4 Å². The van der Waals surface area contributed by atoms with Crippen LogP contribution in [0.5, 0.6) is 0 Å². The normalized spacial score (nSPS) is 21.0. The number of allylic oxidation sites excluding steroid dienone is 6. The van der Waals surface area contributed by atoms with Gasteiger partial charge in [-0.25, -0.2) is 0 Å². The van der Waals surface area contributed by atoms with Gasteiger partial charge in [-0.15, -0.1) is 0 Å². The van der Waals surface area contributed by atoms with Gasteiger partial charge in [0.15, 0.2) is 6.20 Å². The molecule has 0 aromatic carbocycles. The van der Waals surface area contributed by atoms with Gasteiger partial charge in [0.1, 0.15) is 0 Å². The molecule has 140 valence electrons. The van der Waals surface area contributed by atoms with Gasteiger partial charge in [0.05, 0.1) is 0 Å². The second-order valence-electron chi connectivity index (χ2n) is 7.30. The van der Waals surface area contributed by atoms with Crippen LogP contribution in [0.15, 0.2) is 48.7 Å². The SMILES string of the molecule is CCCCC/C=C\C/C=C\[N+]1=C(C)C1(C)/C=C/C/C=C\CCCCC. The average molecular weight is 343 g/mol. The fraction of sp³-hybridized carbons (Fsp3) is 0.625. The Hall–Kier alpha value is -1.37. The molecule has 0 bridgehead atoms. The topological polar surface area (TPSA) is 3.01 Å². The van der Waals surface area contributed by atoms with Crippen LogP contribution in [0.2, 0.25) is 0 Å². The first kappa shape index (κ1) is 21.7. The average Bonchev–Trinajstić information content (AvgIpc) is 3.12. The number of hydrogen-bond acceptors (Lipinski definition) is 0. The molecular weight excluding hydrogens is 302 g/mol. The van der Waals surface area contributed by atoms with Gasteiger partial charge in [-0.1, -0.05) is 69.9 Å². The smallest absolute Gasteiger partial charge is 0.181 e. The molecule has 1 aliphatic rings. The van der Waals surface area contributed by atoms with Crippen molar-refractivity contribution in [1.29, 1.82) is 0 Å². The molecule has 0 saturated heterocycles. The zero-order valence-corrected chi connectivity index (χ0v) is 17.1. The lowest BCUT2D eigenvalue weighted by Gasteiger charge is -1.94. The molecule has 0 amide bonds. The van der Waals surface area contributed by atoms with Crippen LogP contribution >= 0.6 is 0 Å². The molecule has 1 heteroatoms. The maximum absolute atomic E-state index is 2.37. The van der Waals surface area contributed by atoms with Crippen molar-refractivity contribution in [2.75, 3.05) is 0 Å². The molecule has 1 rings (SSSR count). The lowest BCUT2D eigenvalue weighted by molar-refractivity contribution is -0.417. The molecule has 1 heterocycles. The summed E-state index contributed by atoms with van der Waals surface area (Å²) in [6.45, 7) is 9.04. The van der Waals surface area contributed by atoms with Gasteiger partial charge in [-0.2, -0.15) is 4.58 Å². The first-order valence-corrected chi connectivity index (χ1v) is 10.4. The highest BCUT2D eigenvalue weighted by Gasteiger charge is 2.55. The first-order chi connectivity index (χ1) is 12.2. The Labute approximate surface area is 156 Å². The third-order valence-electron chi connectivity index (χ3n) is 5.07. The van der Waals surface area contributed by atoms with Crippen LogP contribution in [-0.4, -0.2) is 15.8 Å². The summed E-state index contributed by atoms with van der Waals surface area (Å²) in [7, 11) is 0. The van der Waals surface area contributed by atoms with Crippen LogP contribution in [0.1, 0.15) is 91.9 Å². The highest BCUT2D eigenvalue weighted by atomic mass is 15.2. The van der Waals surface area contributed by atoms with Gasteiger partial charge < -0.3 is 0 Å². The van der Waals surface area contributed by atoms with Crippen molar-refractivity contribution < 1.29 is 4.58 Å². The molecule has 1 atom stereocenters. The quantitative estimate of drug-likeness (QED) is 0.176. The molecule has 25 heavy (non-hydrogen) atoms. The van der Waals surface area contributed by atoms with E-state index in [1.165, 1.54) is 57.1 Å². The lowest BCUT2D eigenvalue weighted by atomic mass is 10.1. The van der Waals surface area contributed by atoms with E-state index < -0.39 is 0 Å². The molecule has 0 aromatic heterocycles. The predicted octanol–water partition coefficient (Wildman–Crippen LogP) is 7.36. The summed E-state index contributed by atoms with van der Waals surface area (Å²) < 4.78 is 2.37. The summed E-state index contributed by atoms with van der Waals surface area (Å²) in [5.41, 5.74) is 1.58. The van der Waals surface area contributed by atoms with Crippen LogP contribution in [-0.2, 0) is 0 Å². The Morgan fingerprint density at radius 2 is 1.32 bits per heavy atom. The van der Waals surface area contributed by atoms with E-state index in [-0.39, 0.29) is 5.54 Å². The maximum atomic E-state index is 2.37.